The Hall–Kier alpha value is -2.75. The van der Waals surface area contributed by atoms with Gasteiger partial charge in [-0.1, -0.05) is 36.9 Å². The molecule has 0 aromatic heterocycles. The van der Waals surface area contributed by atoms with Crippen molar-refractivity contribution in [2.45, 2.75) is 24.8 Å². The summed E-state index contributed by atoms with van der Waals surface area (Å²) >= 11 is 0. The molecule has 1 fully saturated rings. The molecule has 26 heavy (non-hydrogen) atoms. The van der Waals surface area contributed by atoms with Gasteiger partial charge in [-0.05, 0) is 59.2 Å². The Balaban J connectivity index is 1.64. The zero-order chi connectivity index (χ0) is 18.1. The molecule has 2 bridgehead atoms. The second kappa shape index (κ2) is 6.87. The Kier molecular flexibility index (Phi) is 4.41. The van der Waals surface area contributed by atoms with Gasteiger partial charge in [0.25, 0.3) is 0 Å². The molecule has 4 nitrogen and oxygen atoms in total. The van der Waals surface area contributed by atoms with E-state index in [2.05, 4.69) is 36.9 Å². The van der Waals surface area contributed by atoms with Crippen LogP contribution < -0.4 is 4.74 Å². The van der Waals surface area contributed by atoms with Crippen LogP contribution >= 0.6 is 0 Å². The maximum Gasteiger partial charge on any atom is 0.410 e. The summed E-state index contributed by atoms with van der Waals surface area (Å²) in [7, 11) is 1.67. The Morgan fingerprint density at radius 3 is 2.69 bits per heavy atom. The van der Waals surface area contributed by atoms with E-state index >= 15 is 0 Å². The fraction of sp³-hybridized carbons (Fsp3) is 0.318. The number of hydrogen-bond donors (Lipinski definition) is 0. The van der Waals surface area contributed by atoms with Crippen LogP contribution in [0.5, 0.6) is 5.75 Å². The highest BCUT2D eigenvalue weighted by atomic mass is 16.6. The molecule has 2 aromatic carbocycles. The van der Waals surface area contributed by atoms with E-state index < -0.39 is 0 Å². The number of fused-ring (bicyclic) bond motifs is 5. The zero-order valence-corrected chi connectivity index (χ0v) is 15.0. The van der Waals surface area contributed by atoms with Crippen LogP contribution in [0.15, 0.2) is 55.1 Å². The van der Waals surface area contributed by atoms with E-state index in [0.29, 0.717) is 5.92 Å². The average molecular weight is 349 g/mol. The molecular weight excluding hydrogens is 326 g/mol. The summed E-state index contributed by atoms with van der Waals surface area (Å²) in [6.45, 7) is 4.62. The predicted molar refractivity (Wildman–Crippen MR) is 101 cm³/mol. The lowest BCUT2D eigenvalue weighted by Crippen LogP contribution is -2.37. The van der Waals surface area contributed by atoms with Crippen LogP contribution in [-0.2, 0) is 4.74 Å². The van der Waals surface area contributed by atoms with E-state index in [4.69, 9.17) is 9.47 Å². The van der Waals surface area contributed by atoms with Gasteiger partial charge in [0, 0.05) is 6.54 Å². The molecule has 0 radical (unpaired) electrons. The van der Waals surface area contributed by atoms with E-state index in [1.54, 1.807) is 13.2 Å². The Labute approximate surface area is 154 Å². The molecular formula is C22H23NO3. The van der Waals surface area contributed by atoms with Gasteiger partial charge < -0.3 is 14.4 Å². The zero-order valence-electron chi connectivity index (χ0n) is 15.0. The minimum absolute atomic E-state index is 0.110. The van der Waals surface area contributed by atoms with Gasteiger partial charge in [-0.2, -0.15) is 0 Å². The first kappa shape index (κ1) is 16.7. The fourth-order valence-corrected chi connectivity index (χ4v) is 4.17. The summed E-state index contributed by atoms with van der Waals surface area (Å²) in [4.78, 5) is 14.3. The maximum absolute atomic E-state index is 12.4. The molecule has 0 spiro atoms. The highest BCUT2D eigenvalue weighted by Crippen LogP contribution is 2.50. The molecule has 1 aliphatic heterocycles. The lowest BCUT2D eigenvalue weighted by Gasteiger charge is -2.32. The number of piperidine rings is 1. The van der Waals surface area contributed by atoms with Crippen molar-refractivity contribution in [1.82, 2.24) is 4.90 Å². The first-order valence-corrected chi connectivity index (χ1v) is 9.04. The number of benzene rings is 2. The van der Waals surface area contributed by atoms with Crippen molar-refractivity contribution < 1.29 is 14.3 Å². The van der Waals surface area contributed by atoms with Crippen molar-refractivity contribution in [1.29, 1.82) is 0 Å². The highest BCUT2D eigenvalue weighted by Gasteiger charge is 2.41. The van der Waals surface area contributed by atoms with E-state index in [1.807, 2.05) is 17.0 Å². The van der Waals surface area contributed by atoms with Gasteiger partial charge in [-0.15, -0.1) is 0 Å². The first-order chi connectivity index (χ1) is 12.7. The molecule has 1 saturated heterocycles. The van der Waals surface area contributed by atoms with Gasteiger partial charge >= 0.3 is 6.09 Å². The summed E-state index contributed by atoms with van der Waals surface area (Å²) in [5, 5.41) is 0. The number of rotatable bonds is 4. The monoisotopic (exact) mass is 349 g/mol. The normalized spacial score (nSPS) is 20.4. The summed E-state index contributed by atoms with van der Waals surface area (Å²) < 4.78 is 10.5. The molecule has 1 amide bonds. The number of methoxy groups -OCH3 is 1. The van der Waals surface area contributed by atoms with Gasteiger partial charge in [0.15, 0.2) is 0 Å². The molecule has 134 valence electrons. The van der Waals surface area contributed by atoms with Crippen molar-refractivity contribution in [2.24, 2.45) is 0 Å². The van der Waals surface area contributed by atoms with E-state index in [1.165, 1.54) is 16.7 Å². The summed E-state index contributed by atoms with van der Waals surface area (Å²) in [5.41, 5.74) is 4.96. The van der Waals surface area contributed by atoms with Gasteiger partial charge in [0.05, 0.1) is 13.2 Å². The Bertz CT molecular complexity index is 828. The third-order valence-corrected chi connectivity index (χ3v) is 5.47. The van der Waals surface area contributed by atoms with Crippen LogP contribution in [0, 0.1) is 0 Å². The first-order valence-electron chi connectivity index (χ1n) is 9.04. The predicted octanol–water partition coefficient (Wildman–Crippen LogP) is 4.92. The van der Waals surface area contributed by atoms with Crippen molar-refractivity contribution >= 4 is 6.09 Å². The van der Waals surface area contributed by atoms with Crippen LogP contribution in [0.2, 0.25) is 0 Å². The number of amides is 1. The molecule has 4 rings (SSSR count). The lowest BCUT2D eigenvalue weighted by atomic mass is 9.95. The molecule has 2 aromatic rings. The Morgan fingerprint density at radius 1 is 1.19 bits per heavy atom. The van der Waals surface area contributed by atoms with Crippen molar-refractivity contribution in [2.75, 3.05) is 20.3 Å². The van der Waals surface area contributed by atoms with E-state index in [9.17, 15) is 4.79 Å². The quantitative estimate of drug-likeness (QED) is 0.736. The van der Waals surface area contributed by atoms with Crippen LogP contribution in [0.3, 0.4) is 0 Å². The average Bonchev–Trinajstić information content (AvgIpc) is 2.98. The minimum Gasteiger partial charge on any atom is -0.497 e. The minimum atomic E-state index is -0.240. The van der Waals surface area contributed by atoms with Crippen molar-refractivity contribution in [3.8, 4) is 16.9 Å². The summed E-state index contributed by atoms with van der Waals surface area (Å²) in [6, 6.07) is 14.8. The number of nitrogens with zero attached hydrogens (tertiary/aromatic N) is 1. The number of likely N-dealkylation sites (tertiary alicyclic amines) is 1. The van der Waals surface area contributed by atoms with Crippen LogP contribution in [0.1, 0.15) is 35.9 Å². The second-order valence-electron chi connectivity index (χ2n) is 6.87. The highest BCUT2D eigenvalue weighted by molar-refractivity contribution is 5.71. The van der Waals surface area contributed by atoms with E-state index in [0.717, 1.165) is 30.7 Å². The lowest BCUT2D eigenvalue weighted by molar-refractivity contribution is 0.0824. The largest absolute Gasteiger partial charge is 0.497 e. The molecule has 4 heteroatoms. The molecule has 0 N–H and O–H groups in total. The van der Waals surface area contributed by atoms with Gasteiger partial charge in [-0.3, -0.25) is 0 Å². The van der Waals surface area contributed by atoms with E-state index in [-0.39, 0.29) is 18.7 Å². The molecule has 2 aliphatic rings. The number of carbonyl (C=O) groups is 1. The fourth-order valence-electron chi connectivity index (χ4n) is 4.17. The summed E-state index contributed by atoms with van der Waals surface area (Å²) in [5.74, 6) is 1.39. The summed E-state index contributed by atoms with van der Waals surface area (Å²) in [6.07, 6.45) is 3.35. The molecule has 1 heterocycles. The van der Waals surface area contributed by atoms with Gasteiger partial charge in [-0.25, -0.2) is 4.79 Å². The van der Waals surface area contributed by atoms with Gasteiger partial charge in [0.1, 0.15) is 12.4 Å². The van der Waals surface area contributed by atoms with Gasteiger partial charge in [0.2, 0.25) is 0 Å². The molecule has 2 atom stereocenters. The standard InChI is InChI=1S/C22H23NO3/c1-3-12-26-22(24)23-11-10-17-14-21(23)20-13-16(6-9-19(17)20)15-4-7-18(25-2)8-5-15/h3-9,13,17,21H,1,10-12,14H2,2H3/t17?,21-/m1/s1. The molecule has 1 unspecified atom stereocenters. The van der Waals surface area contributed by atoms with Crippen LogP contribution in [0.25, 0.3) is 11.1 Å². The van der Waals surface area contributed by atoms with Crippen LogP contribution in [-0.4, -0.2) is 31.3 Å². The topological polar surface area (TPSA) is 38.8 Å². The number of carbonyl (C=O) groups excluding carboxylic acids is 1. The number of hydrogen-bond acceptors (Lipinski definition) is 3. The maximum atomic E-state index is 12.4. The Morgan fingerprint density at radius 2 is 1.96 bits per heavy atom. The molecule has 0 saturated carbocycles. The van der Waals surface area contributed by atoms with Crippen LogP contribution in [0.4, 0.5) is 4.79 Å². The molecule has 1 aliphatic carbocycles. The van der Waals surface area contributed by atoms with Crippen molar-refractivity contribution in [3.05, 3.63) is 66.2 Å². The van der Waals surface area contributed by atoms with Crippen molar-refractivity contribution in [3.63, 3.8) is 0 Å². The third kappa shape index (κ3) is 2.85. The number of ether oxygens (including phenoxy) is 2. The second-order valence-corrected chi connectivity index (χ2v) is 6.87. The SMILES string of the molecule is C=CCOC(=O)N1CCC2C[C@@H]1c1cc(-c3ccc(OC)cc3)ccc12. The smallest absolute Gasteiger partial charge is 0.410 e. The third-order valence-electron chi connectivity index (χ3n) is 5.47.